The van der Waals surface area contributed by atoms with Crippen molar-refractivity contribution in [2.75, 3.05) is 25.1 Å². The molecule has 0 amide bonds. The van der Waals surface area contributed by atoms with E-state index in [0.29, 0.717) is 25.7 Å². The number of nitrogens with zero attached hydrogens (tertiary/aromatic N) is 1. The summed E-state index contributed by atoms with van der Waals surface area (Å²) in [5.41, 5.74) is 8.01. The summed E-state index contributed by atoms with van der Waals surface area (Å²) in [5, 5.41) is 3.07. The van der Waals surface area contributed by atoms with Crippen LogP contribution in [-0.2, 0) is 11.2 Å². The van der Waals surface area contributed by atoms with Crippen molar-refractivity contribution in [3.8, 4) is 0 Å². The zero-order chi connectivity index (χ0) is 12.5. The van der Waals surface area contributed by atoms with Crippen molar-refractivity contribution in [3.63, 3.8) is 0 Å². The number of anilines is 1. The van der Waals surface area contributed by atoms with Gasteiger partial charge >= 0.3 is 0 Å². The van der Waals surface area contributed by atoms with Gasteiger partial charge < -0.3 is 15.8 Å². The number of hydrogen-bond donors (Lipinski definition) is 2. The second-order valence-electron chi connectivity index (χ2n) is 3.64. The fourth-order valence-corrected chi connectivity index (χ4v) is 1.43. The van der Waals surface area contributed by atoms with E-state index < -0.39 is 0 Å². The average molecular weight is 363 g/mol. The minimum atomic E-state index is 0. The van der Waals surface area contributed by atoms with E-state index in [-0.39, 0.29) is 24.0 Å². The van der Waals surface area contributed by atoms with Gasteiger partial charge in [0, 0.05) is 12.3 Å². The molecule has 0 atom stereocenters. The Morgan fingerprint density at radius 3 is 2.83 bits per heavy atom. The molecule has 0 fully saturated rings. The van der Waals surface area contributed by atoms with Crippen LogP contribution in [0.25, 0.3) is 0 Å². The Kier molecular flexibility index (Phi) is 9.67. The highest BCUT2D eigenvalue weighted by molar-refractivity contribution is 14.0. The van der Waals surface area contributed by atoms with Crippen LogP contribution >= 0.6 is 24.0 Å². The fourth-order valence-electron chi connectivity index (χ4n) is 1.43. The first-order chi connectivity index (χ1) is 8.26. The standard InChI is InChI=1S/C13H21N3O.HI/c1-3-11-6-5-7-12(10-11)16-13(14)15-8-9-17-4-2;/h5-7,10H,3-4,8-9H2,1-2H3,(H3,14,15,16);1H. The van der Waals surface area contributed by atoms with Gasteiger partial charge in [-0.15, -0.1) is 24.0 Å². The summed E-state index contributed by atoms with van der Waals surface area (Å²) in [7, 11) is 0. The van der Waals surface area contributed by atoms with E-state index >= 15 is 0 Å². The number of halogens is 1. The molecule has 1 aromatic carbocycles. The Morgan fingerprint density at radius 1 is 1.39 bits per heavy atom. The highest BCUT2D eigenvalue weighted by Gasteiger charge is 1.96. The molecular weight excluding hydrogens is 341 g/mol. The van der Waals surface area contributed by atoms with Gasteiger partial charge in [-0.2, -0.15) is 0 Å². The van der Waals surface area contributed by atoms with Gasteiger partial charge in [0.05, 0.1) is 13.2 Å². The van der Waals surface area contributed by atoms with Crippen LogP contribution in [0.5, 0.6) is 0 Å². The summed E-state index contributed by atoms with van der Waals surface area (Å²) >= 11 is 0. The van der Waals surface area contributed by atoms with Gasteiger partial charge in [0.2, 0.25) is 0 Å². The van der Waals surface area contributed by atoms with Crippen LogP contribution < -0.4 is 11.1 Å². The van der Waals surface area contributed by atoms with Crippen molar-refractivity contribution < 1.29 is 4.74 Å². The number of aliphatic imine (C=N–C) groups is 1. The van der Waals surface area contributed by atoms with E-state index in [1.165, 1.54) is 5.56 Å². The van der Waals surface area contributed by atoms with Crippen molar-refractivity contribution in [3.05, 3.63) is 29.8 Å². The fraction of sp³-hybridized carbons (Fsp3) is 0.462. The molecule has 0 heterocycles. The predicted molar refractivity (Wildman–Crippen MR) is 87.8 cm³/mol. The topological polar surface area (TPSA) is 59.6 Å². The SMILES string of the molecule is CCOCCN=C(N)Nc1cccc(CC)c1.I. The van der Waals surface area contributed by atoms with Crippen LogP contribution in [0, 0.1) is 0 Å². The maximum atomic E-state index is 5.76. The van der Waals surface area contributed by atoms with Crippen molar-refractivity contribution in [1.29, 1.82) is 0 Å². The molecular formula is C13H22IN3O. The number of nitrogens with two attached hydrogens (primary N) is 1. The molecule has 1 aromatic rings. The van der Waals surface area contributed by atoms with Crippen molar-refractivity contribution in [2.45, 2.75) is 20.3 Å². The molecule has 0 unspecified atom stereocenters. The molecule has 4 nitrogen and oxygen atoms in total. The van der Waals surface area contributed by atoms with Crippen molar-refractivity contribution in [2.24, 2.45) is 10.7 Å². The molecule has 0 spiro atoms. The maximum Gasteiger partial charge on any atom is 0.193 e. The van der Waals surface area contributed by atoms with Gasteiger partial charge in [0.1, 0.15) is 0 Å². The Hall–Kier alpha value is -0.820. The van der Waals surface area contributed by atoms with Crippen LogP contribution in [0.1, 0.15) is 19.4 Å². The van der Waals surface area contributed by atoms with Gasteiger partial charge in [-0.1, -0.05) is 19.1 Å². The summed E-state index contributed by atoms with van der Waals surface area (Å²) in [5.74, 6) is 0.429. The van der Waals surface area contributed by atoms with E-state index in [1.54, 1.807) is 0 Å². The number of benzene rings is 1. The lowest BCUT2D eigenvalue weighted by atomic mass is 10.1. The van der Waals surface area contributed by atoms with Crippen LogP contribution in [0.15, 0.2) is 29.3 Å². The smallest absolute Gasteiger partial charge is 0.193 e. The van der Waals surface area contributed by atoms with Gasteiger partial charge in [-0.05, 0) is 31.0 Å². The highest BCUT2D eigenvalue weighted by atomic mass is 127. The predicted octanol–water partition coefficient (Wildman–Crippen LogP) is 2.63. The third-order valence-electron chi connectivity index (χ3n) is 2.33. The van der Waals surface area contributed by atoms with Crippen LogP contribution in [-0.4, -0.2) is 25.7 Å². The normalized spacial score (nSPS) is 10.9. The number of aryl methyl sites for hydroxylation is 1. The Morgan fingerprint density at radius 2 is 2.17 bits per heavy atom. The summed E-state index contributed by atoms with van der Waals surface area (Å²) in [6.45, 7) is 5.98. The minimum Gasteiger partial charge on any atom is -0.380 e. The number of guanidine groups is 1. The van der Waals surface area contributed by atoms with E-state index in [1.807, 2.05) is 19.1 Å². The number of ether oxygens (including phenoxy) is 1. The molecule has 102 valence electrons. The van der Waals surface area contributed by atoms with Crippen LogP contribution in [0.2, 0.25) is 0 Å². The van der Waals surface area contributed by atoms with Gasteiger partial charge in [-0.3, -0.25) is 4.99 Å². The molecule has 0 aliphatic rings. The maximum absolute atomic E-state index is 5.76. The lowest BCUT2D eigenvalue weighted by molar-refractivity contribution is 0.156. The summed E-state index contributed by atoms with van der Waals surface area (Å²) in [4.78, 5) is 4.17. The van der Waals surface area contributed by atoms with E-state index in [2.05, 4.69) is 29.4 Å². The number of nitrogens with one attached hydrogen (secondary N) is 1. The lowest BCUT2D eigenvalue weighted by Gasteiger charge is -2.07. The zero-order valence-corrected chi connectivity index (χ0v) is 13.3. The molecule has 5 heteroatoms. The van der Waals surface area contributed by atoms with E-state index in [4.69, 9.17) is 10.5 Å². The summed E-state index contributed by atoms with van der Waals surface area (Å²) in [6.07, 6.45) is 1.01. The molecule has 0 saturated carbocycles. The van der Waals surface area contributed by atoms with Crippen molar-refractivity contribution >= 4 is 35.6 Å². The van der Waals surface area contributed by atoms with Crippen LogP contribution in [0.4, 0.5) is 5.69 Å². The van der Waals surface area contributed by atoms with Crippen LogP contribution in [0.3, 0.4) is 0 Å². The monoisotopic (exact) mass is 363 g/mol. The number of rotatable bonds is 6. The summed E-state index contributed by atoms with van der Waals surface area (Å²) < 4.78 is 5.18. The zero-order valence-electron chi connectivity index (χ0n) is 11.0. The van der Waals surface area contributed by atoms with Crippen molar-refractivity contribution in [1.82, 2.24) is 0 Å². The van der Waals surface area contributed by atoms with Gasteiger partial charge in [0.25, 0.3) is 0 Å². The third-order valence-corrected chi connectivity index (χ3v) is 2.33. The third kappa shape index (κ3) is 6.80. The molecule has 3 N–H and O–H groups in total. The average Bonchev–Trinajstić information content (AvgIpc) is 2.35. The molecule has 18 heavy (non-hydrogen) atoms. The first-order valence-electron chi connectivity index (χ1n) is 5.99. The molecule has 0 aliphatic carbocycles. The molecule has 0 aliphatic heterocycles. The van der Waals surface area contributed by atoms with Gasteiger partial charge in [-0.25, -0.2) is 0 Å². The first-order valence-corrected chi connectivity index (χ1v) is 5.99. The van der Waals surface area contributed by atoms with E-state index in [9.17, 15) is 0 Å². The first kappa shape index (κ1) is 17.2. The second kappa shape index (κ2) is 10.1. The second-order valence-corrected chi connectivity index (χ2v) is 3.64. The molecule has 0 saturated heterocycles. The minimum absolute atomic E-state index is 0. The highest BCUT2D eigenvalue weighted by Crippen LogP contribution is 2.10. The Balaban J connectivity index is 0.00000289. The molecule has 0 aromatic heterocycles. The quantitative estimate of drug-likeness (QED) is 0.354. The number of hydrogen-bond acceptors (Lipinski definition) is 2. The summed E-state index contributed by atoms with van der Waals surface area (Å²) in [6, 6.07) is 8.15. The van der Waals surface area contributed by atoms with E-state index in [0.717, 1.165) is 12.1 Å². The Labute approximate surface area is 126 Å². The molecule has 1 rings (SSSR count). The lowest BCUT2D eigenvalue weighted by Crippen LogP contribution is -2.23. The van der Waals surface area contributed by atoms with Gasteiger partial charge in [0.15, 0.2) is 5.96 Å². The largest absolute Gasteiger partial charge is 0.380 e. The molecule has 0 radical (unpaired) electrons. The molecule has 0 bridgehead atoms. The Bertz CT molecular complexity index is 369.